The summed E-state index contributed by atoms with van der Waals surface area (Å²) in [5.41, 5.74) is 4.86. The summed E-state index contributed by atoms with van der Waals surface area (Å²) in [7, 11) is -0.479. The van der Waals surface area contributed by atoms with Crippen molar-refractivity contribution in [2.45, 2.75) is 24.3 Å². The summed E-state index contributed by atoms with van der Waals surface area (Å²) in [6.45, 7) is 3.56. The van der Waals surface area contributed by atoms with Crippen molar-refractivity contribution in [2.75, 3.05) is 45.7 Å². The second-order valence-electron chi connectivity index (χ2n) is 9.11. The maximum Gasteiger partial charge on any atom is 0.240 e. The highest BCUT2D eigenvalue weighted by atomic mass is 32.2. The number of nitrogens with one attached hydrogen (secondary N) is 4. The molecule has 1 amide bonds. The first-order valence-corrected chi connectivity index (χ1v) is 15.8. The Balaban J connectivity index is 1.45. The predicted molar refractivity (Wildman–Crippen MR) is 158 cm³/mol. The Bertz CT molecular complexity index is 1600. The van der Waals surface area contributed by atoms with Crippen LogP contribution in [0.3, 0.4) is 0 Å². The Morgan fingerprint density at radius 3 is 2.79 bits per heavy atom. The van der Waals surface area contributed by atoms with Gasteiger partial charge in [-0.2, -0.15) is 0 Å². The van der Waals surface area contributed by atoms with Crippen LogP contribution in [-0.4, -0.2) is 59.7 Å². The minimum absolute atomic E-state index is 0.0347. The highest BCUT2D eigenvalue weighted by Gasteiger charge is 2.25. The second-order valence-corrected chi connectivity index (χ2v) is 13.1. The summed E-state index contributed by atoms with van der Waals surface area (Å²) in [4.78, 5) is 19.2. The number of thiophene rings is 1. The van der Waals surface area contributed by atoms with Gasteiger partial charge in [0.05, 0.1) is 21.7 Å². The van der Waals surface area contributed by atoms with Crippen molar-refractivity contribution in [1.82, 2.24) is 20.3 Å². The molecular weight excluding hydrogens is 555 g/mol. The molecular formula is C27H31N5O4S3. The lowest BCUT2D eigenvalue weighted by Gasteiger charge is -2.13. The monoisotopic (exact) mass is 585 g/mol. The van der Waals surface area contributed by atoms with Crippen LogP contribution in [-0.2, 0) is 32.5 Å². The number of hydrogen-bond donors (Lipinski definition) is 4. The number of rotatable bonds is 11. The van der Waals surface area contributed by atoms with Gasteiger partial charge in [0.15, 0.2) is 0 Å². The molecule has 0 atom stereocenters. The Kier molecular flexibility index (Phi) is 8.72. The zero-order valence-electron chi connectivity index (χ0n) is 21.8. The van der Waals surface area contributed by atoms with Gasteiger partial charge in [-0.1, -0.05) is 18.2 Å². The topological polar surface area (TPSA) is 121 Å². The maximum absolute atomic E-state index is 12.8. The highest BCUT2D eigenvalue weighted by Crippen LogP contribution is 2.45. The van der Waals surface area contributed by atoms with Gasteiger partial charge < -0.3 is 20.7 Å². The average molecular weight is 586 g/mol. The van der Waals surface area contributed by atoms with Crippen molar-refractivity contribution in [3.63, 3.8) is 0 Å². The normalized spacial score (nSPS) is 13.5. The van der Waals surface area contributed by atoms with E-state index >= 15 is 0 Å². The summed E-state index contributed by atoms with van der Waals surface area (Å²) < 4.78 is 33.0. The molecule has 39 heavy (non-hydrogen) atoms. The zero-order valence-corrected chi connectivity index (χ0v) is 24.2. The molecule has 0 fully saturated rings. The standard InChI is InChI=1S/C27H31N5O4S3/c1-28-39(34,35)19-5-3-4-17(14-19)18-6-7-21-22(15-18)37-26(31-21)25-20-8-10-30-16-23(20)38-27(25)32-24(33)9-11-29-12-13-36-2/h3-7,14-15,28-30H,8-13,16H2,1-2H3,(H,32,33). The average Bonchev–Trinajstić information content (AvgIpc) is 3.53. The number of amides is 1. The van der Waals surface area contributed by atoms with E-state index in [0.29, 0.717) is 26.1 Å². The molecule has 4 N–H and O–H groups in total. The number of thiazole rings is 1. The van der Waals surface area contributed by atoms with Gasteiger partial charge in [0.25, 0.3) is 0 Å². The van der Waals surface area contributed by atoms with Crippen LogP contribution in [0.2, 0.25) is 0 Å². The molecule has 0 unspecified atom stereocenters. The number of fused-ring (bicyclic) bond motifs is 2. The van der Waals surface area contributed by atoms with E-state index in [1.165, 1.54) is 17.5 Å². The van der Waals surface area contributed by atoms with Crippen molar-refractivity contribution < 1.29 is 17.9 Å². The number of anilines is 1. The Hall–Kier alpha value is -2.71. The lowest BCUT2D eigenvalue weighted by molar-refractivity contribution is -0.116. The summed E-state index contributed by atoms with van der Waals surface area (Å²) in [5.74, 6) is -0.0347. The van der Waals surface area contributed by atoms with Crippen molar-refractivity contribution >= 4 is 53.8 Å². The number of carbonyl (C=O) groups is 1. The number of benzene rings is 2. The van der Waals surface area contributed by atoms with Crippen LogP contribution in [0, 0.1) is 0 Å². The number of nitrogens with zero attached hydrogens (tertiary/aromatic N) is 1. The molecule has 5 rings (SSSR count). The van der Waals surface area contributed by atoms with Crippen molar-refractivity contribution in [2.24, 2.45) is 0 Å². The van der Waals surface area contributed by atoms with Gasteiger partial charge in [-0.3, -0.25) is 4.79 Å². The van der Waals surface area contributed by atoms with Gasteiger partial charge in [0, 0.05) is 43.6 Å². The quantitative estimate of drug-likeness (QED) is 0.198. The molecule has 2 aromatic heterocycles. The minimum Gasteiger partial charge on any atom is -0.383 e. The molecule has 0 bridgehead atoms. The van der Waals surface area contributed by atoms with Crippen molar-refractivity contribution in [3.8, 4) is 21.7 Å². The highest BCUT2D eigenvalue weighted by molar-refractivity contribution is 7.89. The van der Waals surface area contributed by atoms with E-state index in [2.05, 4.69) is 20.7 Å². The number of hydrogen-bond acceptors (Lipinski definition) is 9. The summed E-state index contributed by atoms with van der Waals surface area (Å²) in [6.07, 6.45) is 1.25. The number of ether oxygens (including phenoxy) is 1. The van der Waals surface area contributed by atoms with Crippen LogP contribution in [0.25, 0.3) is 31.9 Å². The predicted octanol–water partition coefficient (Wildman–Crippen LogP) is 3.81. The molecule has 12 heteroatoms. The molecule has 0 radical (unpaired) electrons. The van der Waals surface area contributed by atoms with E-state index < -0.39 is 10.0 Å². The SMILES string of the molecule is CNS(=O)(=O)c1cccc(-c2ccc3nc(-c4c(NC(=O)CCNCCOC)sc5c4CCNC5)sc3c2)c1. The fraction of sp³-hybridized carbons (Fsp3) is 0.333. The van der Waals surface area contributed by atoms with Crippen LogP contribution in [0.1, 0.15) is 16.9 Å². The molecule has 3 heterocycles. The first-order valence-electron chi connectivity index (χ1n) is 12.7. The first-order chi connectivity index (χ1) is 18.9. The van der Waals surface area contributed by atoms with Gasteiger partial charge >= 0.3 is 0 Å². The van der Waals surface area contributed by atoms with Gasteiger partial charge in [0.2, 0.25) is 15.9 Å². The molecule has 206 valence electrons. The Morgan fingerprint density at radius 1 is 1.13 bits per heavy atom. The third-order valence-electron chi connectivity index (χ3n) is 6.54. The molecule has 0 aliphatic carbocycles. The maximum atomic E-state index is 12.8. The molecule has 0 saturated heterocycles. The largest absolute Gasteiger partial charge is 0.383 e. The van der Waals surface area contributed by atoms with Gasteiger partial charge in [-0.25, -0.2) is 18.1 Å². The summed E-state index contributed by atoms with van der Waals surface area (Å²) in [6, 6.07) is 12.9. The second kappa shape index (κ2) is 12.2. The van der Waals surface area contributed by atoms with E-state index in [-0.39, 0.29) is 10.8 Å². The third-order valence-corrected chi connectivity index (χ3v) is 10.1. The third kappa shape index (κ3) is 6.22. The Labute approximate surface area is 236 Å². The number of aromatic nitrogens is 1. The smallest absolute Gasteiger partial charge is 0.240 e. The van der Waals surface area contributed by atoms with E-state index in [1.54, 1.807) is 48.0 Å². The van der Waals surface area contributed by atoms with Gasteiger partial charge in [-0.15, -0.1) is 22.7 Å². The van der Waals surface area contributed by atoms with Gasteiger partial charge in [0.1, 0.15) is 10.0 Å². The summed E-state index contributed by atoms with van der Waals surface area (Å²) in [5, 5.41) is 11.5. The molecule has 2 aromatic carbocycles. The van der Waals surface area contributed by atoms with Crippen LogP contribution in [0.5, 0.6) is 0 Å². The number of methoxy groups -OCH3 is 1. The van der Waals surface area contributed by atoms with Crippen molar-refractivity contribution in [1.29, 1.82) is 0 Å². The van der Waals surface area contributed by atoms with Crippen LogP contribution >= 0.6 is 22.7 Å². The molecule has 9 nitrogen and oxygen atoms in total. The van der Waals surface area contributed by atoms with E-state index in [9.17, 15) is 13.2 Å². The lowest BCUT2D eigenvalue weighted by atomic mass is 10.0. The first kappa shape index (κ1) is 27.8. The number of carbonyl (C=O) groups excluding carboxylic acids is 1. The fourth-order valence-corrected chi connectivity index (χ4v) is 7.67. The molecule has 1 aliphatic heterocycles. The molecule has 0 saturated carbocycles. The zero-order chi connectivity index (χ0) is 27.4. The van der Waals surface area contributed by atoms with Crippen LogP contribution in [0.4, 0.5) is 5.00 Å². The minimum atomic E-state index is -3.54. The van der Waals surface area contributed by atoms with Gasteiger partial charge in [-0.05, 0) is 61.0 Å². The van der Waals surface area contributed by atoms with E-state index in [4.69, 9.17) is 9.72 Å². The lowest BCUT2D eigenvalue weighted by Crippen LogP contribution is -2.24. The van der Waals surface area contributed by atoms with Crippen LogP contribution < -0.4 is 20.7 Å². The fourth-order valence-electron chi connectivity index (χ4n) is 4.51. The van der Waals surface area contributed by atoms with E-state index in [1.807, 2.05) is 24.3 Å². The number of sulfonamides is 1. The van der Waals surface area contributed by atoms with E-state index in [0.717, 1.165) is 56.4 Å². The Morgan fingerprint density at radius 2 is 1.97 bits per heavy atom. The molecule has 4 aromatic rings. The molecule has 0 spiro atoms. The van der Waals surface area contributed by atoms with Crippen molar-refractivity contribution in [3.05, 3.63) is 52.9 Å². The van der Waals surface area contributed by atoms with Crippen LogP contribution in [0.15, 0.2) is 47.4 Å². The summed E-state index contributed by atoms with van der Waals surface area (Å²) >= 11 is 3.20. The molecule has 1 aliphatic rings.